The highest BCUT2D eigenvalue weighted by atomic mass is 16.7. The Morgan fingerprint density at radius 2 is 2.04 bits per heavy atom. The first-order valence-electron chi connectivity index (χ1n) is 9.11. The van der Waals surface area contributed by atoms with Crippen LogP contribution in [-0.4, -0.2) is 22.5 Å². The van der Waals surface area contributed by atoms with E-state index in [9.17, 15) is 0 Å². The van der Waals surface area contributed by atoms with Crippen molar-refractivity contribution in [2.24, 2.45) is 4.99 Å². The van der Waals surface area contributed by atoms with Gasteiger partial charge < -0.3 is 14.5 Å². The van der Waals surface area contributed by atoms with Crippen molar-refractivity contribution in [1.29, 1.82) is 0 Å². The fourth-order valence-electron chi connectivity index (χ4n) is 2.75. The van der Waals surface area contributed by atoms with Gasteiger partial charge in [0.05, 0.1) is 17.1 Å². The molecule has 0 atom stereocenters. The molecular weight excluding hydrogens is 338 g/mol. The lowest BCUT2D eigenvalue weighted by molar-refractivity contribution is 0.0750. The SMILES string of the molecule is C=C(C=CC1=C(C)OCO1)c1nc(C(C)(C)C)[nH]c1C1=CC=CCC(C)=N1. The molecule has 0 saturated carbocycles. The molecule has 2 aliphatic rings. The summed E-state index contributed by atoms with van der Waals surface area (Å²) in [5, 5.41) is 0. The fraction of sp³-hybridized carbons (Fsp3) is 0.364. The molecule has 0 radical (unpaired) electrons. The van der Waals surface area contributed by atoms with Gasteiger partial charge in [0.15, 0.2) is 5.76 Å². The molecule has 5 heteroatoms. The normalized spacial score (nSPS) is 17.5. The second-order valence-electron chi connectivity index (χ2n) is 7.78. The first-order chi connectivity index (χ1) is 12.8. The van der Waals surface area contributed by atoms with E-state index in [2.05, 4.69) is 38.4 Å². The van der Waals surface area contributed by atoms with Crippen LogP contribution < -0.4 is 0 Å². The van der Waals surface area contributed by atoms with Crippen molar-refractivity contribution in [3.05, 3.63) is 65.7 Å². The van der Waals surface area contributed by atoms with Crippen molar-refractivity contribution < 1.29 is 9.47 Å². The maximum atomic E-state index is 5.45. The van der Waals surface area contributed by atoms with Crippen molar-refractivity contribution in [2.75, 3.05) is 6.79 Å². The topological polar surface area (TPSA) is 59.5 Å². The van der Waals surface area contributed by atoms with Crippen LogP contribution in [0.3, 0.4) is 0 Å². The van der Waals surface area contributed by atoms with E-state index in [0.29, 0.717) is 0 Å². The fourth-order valence-corrected chi connectivity index (χ4v) is 2.75. The van der Waals surface area contributed by atoms with Crippen LogP contribution in [0, 0.1) is 0 Å². The van der Waals surface area contributed by atoms with Gasteiger partial charge in [0, 0.05) is 17.5 Å². The number of rotatable bonds is 4. The van der Waals surface area contributed by atoms with Crippen molar-refractivity contribution in [2.45, 2.75) is 46.5 Å². The number of aromatic amines is 1. The number of aromatic nitrogens is 2. The Balaban J connectivity index is 2.02. The molecule has 142 valence electrons. The Morgan fingerprint density at radius 1 is 1.26 bits per heavy atom. The number of imidazole rings is 1. The zero-order valence-corrected chi connectivity index (χ0v) is 16.7. The molecule has 0 fully saturated rings. The van der Waals surface area contributed by atoms with Gasteiger partial charge in [-0.3, -0.25) is 4.99 Å². The molecule has 0 saturated heterocycles. The molecule has 27 heavy (non-hydrogen) atoms. The lowest BCUT2D eigenvalue weighted by Gasteiger charge is -2.14. The number of nitrogens with one attached hydrogen (secondary N) is 1. The summed E-state index contributed by atoms with van der Waals surface area (Å²) in [4.78, 5) is 13.1. The summed E-state index contributed by atoms with van der Waals surface area (Å²) >= 11 is 0. The molecular formula is C22H27N3O2. The first kappa shape index (κ1) is 19.0. The van der Waals surface area contributed by atoms with Gasteiger partial charge in [0.2, 0.25) is 6.79 Å². The Hall–Kier alpha value is -2.82. The van der Waals surface area contributed by atoms with Crippen molar-refractivity contribution in [3.8, 4) is 0 Å². The van der Waals surface area contributed by atoms with Gasteiger partial charge in [0.25, 0.3) is 0 Å². The largest absolute Gasteiger partial charge is 0.458 e. The molecule has 1 N–H and O–H groups in total. The van der Waals surface area contributed by atoms with Crippen LogP contribution in [0.5, 0.6) is 0 Å². The van der Waals surface area contributed by atoms with Crippen LogP contribution in [0.1, 0.15) is 58.3 Å². The maximum absolute atomic E-state index is 5.45. The highest BCUT2D eigenvalue weighted by Gasteiger charge is 2.23. The lowest BCUT2D eigenvalue weighted by Crippen LogP contribution is -2.13. The van der Waals surface area contributed by atoms with E-state index in [-0.39, 0.29) is 12.2 Å². The summed E-state index contributed by atoms with van der Waals surface area (Å²) in [6.45, 7) is 14.8. The molecule has 1 aromatic rings. The van der Waals surface area contributed by atoms with Gasteiger partial charge in [-0.1, -0.05) is 39.5 Å². The Morgan fingerprint density at radius 3 is 2.70 bits per heavy atom. The smallest absolute Gasteiger partial charge is 0.230 e. The van der Waals surface area contributed by atoms with Gasteiger partial charge >= 0.3 is 0 Å². The third-order valence-electron chi connectivity index (χ3n) is 4.36. The molecule has 0 aliphatic carbocycles. The minimum absolute atomic E-state index is 0.113. The number of nitrogens with zero attached hydrogens (tertiary/aromatic N) is 2. The molecule has 1 aromatic heterocycles. The molecule has 0 aromatic carbocycles. The highest BCUT2D eigenvalue weighted by molar-refractivity contribution is 5.91. The lowest BCUT2D eigenvalue weighted by atomic mass is 9.96. The maximum Gasteiger partial charge on any atom is 0.230 e. The van der Waals surface area contributed by atoms with Gasteiger partial charge in [0.1, 0.15) is 11.6 Å². The summed E-state index contributed by atoms with van der Waals surface area (Å²) in [6, 6.07) is 0. The molecule has 0 spiro atoms. The Labute approximate surface area is 160 Å². The number of aliphatic imine (C=N–C) groups is 1. The zero-order chi connectivity index (χ0) is 19.6. The molecule has 0 bridgehead atoms. The van der Waals surface area contributed by atoms with Gasteiger partial charge in [-0.2, -0.15) is 0 Å². The van der Waals surface area contributed by atoms with Crippen LogP contribution in [0.4, 0.5) is 0 Å². The summed E-state index contributed by atoms with van der Waals surface area (Å²) in [6.07, 6.45) is 10.8. The number of allylic oxidation sites excluding steroid dienone is 7. The van der Waals surface area contributed by atoms with Crippen LogP contribution in [0.15, 0.2) is 53.5 Å². The average molecular weight is 365 g/mol. The van der Waals surface area contributed by atoms with Crippen molar-refractivity contribution in [1.82, 2.24) is 9.97 Å². The van der Waals surface area contributed by atoms with E-state index < -0.39 is 0 Å². The minimum Gasteiger partial charge on any atom is -0.458 e. The highest BCUT2D eigenvalue weighted by Crippen LogP contribution is 2.30. The number of ether oxygens (including phenoxy) is 2. The summed E-state index contributed by atoms with van der Waals surface area (Å²) < 4.78 is 10.8. The Bertz CT molecular complexity index is 902. The zero-order valence-electron chi connectivity index (χ0n) is 16.7. The van der Waals surface area contributed by atoms with E-state index in [1.165, 1.54) is 0 Å². The van der Waals surface area contributed by atoms with E-state index in [1.807, 2.05) is 38.2 Å². The van der Waals surface area contributed by atoms with E-state index in [0.717, 1.165) is 52.1 Å². The average Bonchev–Trinajstić information content (AvgIpc) is 3.16. The molecule has 3 rings (SSSR count). The second kappa shape index (κ2) is 7.43. The predicted octanol–water partition coefficient (Wildman–Crippen LogP) is 5.27. The third kappa shape index (κ3) is 4.30. The van der Waals surface area contributed by atoms with Crippen LogP contribution >= 0.6 is 0 Å². The molecule has 0 amide bonds. The van der Waals surface area contributed by atoms with Crippen LogP contribution in [0.2, 0.25) is 0 Å². The standard InChI is InChI=1S/C22H27N3O2/c1-14(11-12-18-16(3)26-13-27-18)19-20(25-21(24-19)22(4,5)6)17-10-8-7-9-15(2)23-17/h7-8,10-12H,1,9,13H2,2-6H3,(H,24,25). The monoisotopic (exact) mass is 365 g/mol. The van der Waals surface area contributed by atoms with E-state index in [4.69, 9.17) is 19.5 Å². The van der Waals surface area contributed by atoms with Crippen molar-refractivity contribution in [3.63, 3.8) is 0 Å². The van der Waals surface area contributed by atoms with Gasteiger partial charge in [-0.25, -0.2) is 4.98 Å². The van der Waals surface area contributed by atoms with E-state index >= 15 is 0 Å². The first-order valence-corrected chi connectivity index (χ1v) is 9.11. The predicted molar refractivity (Wildman–Crippen MR) is 110 cm³/mol. The number of H-pyrrole nitrogens is 1. The second-order valence-corrected chi connectivity index (χ2v) is 7.78. The number of hydrogen-bond acceptors (Lipinski definition) is 4. The van der Waals surface area contributed by atoms with Crippen LogP contribution in [0.25, 0.3) is 11.3 Å². The molecule has 5 nitrogen and oxygen atoms in total. The minimum atomic E-state index is -0.113. The molecule has 0 unspecified atom stereocenters. The molecule has 2 aliphatic heterocycles. The number of hydrogen-bond donors (Lipinski definition) is 1. The van der Waals surface area contributed by atoms with Crippen molar-refractivity contribution >= 4 is 17.0 Å². The Kier molecular flexibility index (Phi) is 5.22. The van der Waals surface area contributed by atoms with Gasteiger partial charge in [-0.15, -0.1) is 0 Å². The van der Waals surface area contributed by atoms with E-state index in [1.54, 1.807) is 0 Å². The summed E-state index contributed by atoms with van der Waals surface area (Å²) in [7, 11) is 0. The van der Waals surface area contributed by atoms with Gasteiger partial charge in [-0.05, 0) is 37.6 Å². The quantitative estimate of drug-likeness (QED) is 0.739. The molecule has 3 heterocycles. The third-order valence-corrected chi connectivity index (χ3v) is 4.36. The summed E-state index contributed by atoms with van der Waals surface area (Å²) in [5.41, 5.74) is 4.28. The summed E-state index contributed by atoms with van der Waals surface area (Å²) in [5.74, 6) is 2.39. The van der Waals surface area contributed by atoms with Crippen LogP contribution in [-0.2, 0) is 14.9 Å².